The van der Waals surface area contributed by atoms with Crippen LogP contribution in [-0.2, 0) is 12.0 Å². The lowest BCUT2D eigenvalue weighted by atomic mass is 9.87. The first-order chi connectivity index (χ1) is 8.95. The van der Waals surface area contributed by atoms with Gasteiger partial charge in [0.15, 0.2) is 0 Å². The van der Waals surface area contributed by atoms with E-state index in [9.17, 15) is 0 Å². The molecule has 0 atom stereocenters. The number of imidazole rings is 1. The Hall–Kier alpha value is -1.43. The molecule has 1 saturated carbocycles. The highest BCUT2D eigenvalue weighted by Crippen LogP contribution is 2.37. The molecule has 2 rings (SSSR count). The minimum Gasteiger partial charge on any atom is -0.384 e. The fraction of sp³-hybridized carbons (Fsp3) is 0.688. The molecule has 0 spiro atoms. The van der Waals surface area contributed by atoms with Crippen molar-refractivity contribution >= 4 is 5.82 Å². The van der Waals surface area contributed by atoms with Crippen LogP contribution in [0.2, 0.25) is 0 Å². The SMILES string of the molecule is C#CCn1c(C(C)(C)C)nc(C2CCCCC2)c1N. The molecule has 1 aliphatic carbocycles. The van der Waals surface area contributed by atoms with Crippen LogP contribution in [0, 0.1) is 12.3 Å². The summed E-state index contributed by atoms with van der Waals surface area (Å²) in [6.45, 7) is 6.99. The summed E-state index contributed by atoms with van der Waals surface area (Å²) in [5, 5.41) is 0. The Morgan fingerprint density at radius 2 is 1.95 bits per heavy atom. The number of nitrogen functional groups attached to an aromatic ring is 1. The van der Waals surface area contributed by atoms with Gasteiger partial charge in [-0.2, -0.15) is 0 Å². The molecule has 0 aromatic carbocycles. The van der Waals surface area contributed by atoms with E-state index in [2.05, 4.69) is 26.7 Å². The minimum atomic E-state index is -0.0299. The quantitative estimate of drug-likeness (QED) is 0.827. The van der Waals surface area contributed by atoms with E-state index in [-0.39, 0.29) is 5.41 Å². The van der Waals surface area contributed by atoms with Gasteiger partial charge >= 0.3 is 0 Å². The molecule has 1 aliphatic rings. The fourth-order valence-electron chi connectivity index (χ4n) is 2.98. The van der Waals surface area contributed by atoms with E-state index in [0.717, 1.165) is 17.3 Å². The molecule has 3 nitrogen and oxygen atoms in total. The number of hydrogen-bond donors (Lipinski definition) is 1. The molecular weight excluding hydrogens is 234 g/mol. The van der Waals surface area contributed by atoms with Gasteiger partial charge in [0.1, 0.15) is 11.6 Å². The smallest absolute Gasteiger partial charge is 0.127 e. The second-order valence-corrected chi connectivity index (χ2v) is 6.58. The fourth-order valence-corrected chi connectivity index (χ4v) is 2.98. The lowest BCUT2D eigenvalue weighted by Gasteiger charge is -2.20. The van der Waals surface area contributed by atoms with Crippen molar-refractivity contribution in [1.29, 1.82) is 0 Å². The van der Waals surface area contributed by atoms with Gasteiger partial charge in [-0.05, 0) is 12.8 Å². The van der Waals surface area contributed by atoms with Gasteiger partial charge < -0.3 is 10.3 Å². The van der Waals surface area contributed by atoms with Crippen LogP contribution in [0.5, 0.6) is 0 Å². The molecule has 1 fully saturated rings. The number of nitrogens with zero attached hydrogens (tertiary/aromatic N) is 2. The summed E-state index contributed by atoms with van der Waals surface area (Å²) < 4.78 is 2.02. The van der Waals surface area contributed by atoms with Crippen LogP contribution in [0.25, 0.3) is 0 Å². The molecule has 2 N–H and O–H groups in total. The second-order valence-electron chi connectivity index (χ2n) is 6.58. The highest BCUT2D eigenvalue weighted by atomic mass is 15.1. The summed E-state index contributed by atoms with van der Waals surface area (Å²) in [4.78, 5) is 4.87. The molecule has 19 heavy (non-hydrogen) atoms. The number of terminal acetylenes is 1. The van der Waals surface area contributed by atoms with Crippen LogP contribution in [-0.4, -0.2) is 9.55 Å². The Labute approximate surface area is 116 Å². The molecule has 3 heteroatoms. The van der Waals surface area contributed by atoms with E-state index in [1.165, 1.54) is 32.1 Å². The van der Waals surface area contributed by atoms with Crippen molar-refractivity contribution < 1.29 is 0 Å². The van der Waals surface area contributed by atoms with Crippen molar-refractivity contribution in [3.05, 3.63) is 11.5 Å². The van der Waals surface area contributed by atoms with Crippen LogP contribution < -0.4 is 5.73 Å². The lowest BCUT2D eigenvalue weighted by molar-refractivity contribution is 0.436. The number of nitrogens with two attached hydrogens (primary N) is 1. The molecule has 1 aromatic heterocycles. The zero-order chi connectivity index (χ0) is 14.0. The van der Waals surface area contributed by atoms with E-state index in [1.54, 1.807) is 0 Å². The zero-order valence-electron chi connectivity index (χ0n) is 12.4. The van der Waals surface area contributed by atoms with Gasteiger partial charge in [0.05, 0.1) is 12.2 Å². The van der Waals surface area contributed by atoms with Crippen LogP contribution in [0.4, 0.5) is 5.82 Å². The molecule has 0 amide bonds. The Morgan fingerprint density at radius 1 is 1.32 bits per heavy atom. The molecule has 0 saturated heterocycles. The predicted molar refractivity (Wildman–Crippen MR) is 80.0 cm³/mol. The standard InChI is InChI=1S/C16H25N3/c1-5-11-19-14(17)13(12-9-7-6-8-10-12)18-15(19)16(2,3)4/h1,12H,6-11,17H2,2-4H3. The maximum atomic E-state index is 6.32. The lowest BCUT2D eigenvalue weighted by Crippen LogP contribution is -2.19. The third-order valence-electron chi connectivity index (χ3n) is 3.95. The Balaban J connectivity index is 2.42. The average molecular weight is 259 g/mol. The minimum absolute atomic E-state index is 0.0299. The first kappa shape index (κ1) is 14.0. The Bertz CT molecular complexity index is 479. The first-order valence-electron chi connectivity index (χ1n) is 7.25. The van der Waals surface area contributed by atoms with Crippen LogP contribution in [0.3, 0.4) is 0 Å². The number of hydrogen-bond acceptors (Lipinski definition) is 2. The van der Waals surface area contributed by atoms with E-state index in [0.29, 0.717) is 12.5 Å². The van der Waals surface area contributed by atoms with Crippen molar-refractivity contribution in [3.8, 4) is 12.3 Å². The van der Waals surface area contributed by atoms with Gasteiger partial charge in [-0.1, -0.05) is 46.0 Å². The van der Waals surface area contributed by atoms with Gasteiger partial charge in [-0.25, -0.2) is 4.98 Å². The molecule has 104 valence electrons. The molecular formula is C16H25N3. The Kier molecular flexibility index (Phi) is 3.89. The summed E-state index contributed by atoms with van der Waals surface area (Å²) in [5.41, 5.74) is 7.38. The molecule has 0 bridgehead atoms. The Morgan fingerprint density at radius 3 is 2.47 bits per heavy atom. The van der Waals surface area contributed by atoms with Crippen molar-refractivity contribution in [2.75, 3.05) is 5.73 Å². The molecule has 0 aliphatic heterocycles. The number of aromatic nitrogens is 2. The van der Waals surface area contributed by atoms with Crippen molar-refractivity contribution in [2.45, 2.75) is 70.8 Å². The topological polar surface area (TPSA) is 43.8 Å². The molecule has 1 heterocycles. The van der Waals surface area contributed by atoms with E-state index in [1.807, 2.05) is 4.57 Å². The van der Waals surface area contributed by atoms with Gasteiger partial charge in [0.2, 0.25) is 0 Å². The maximum Gasteiger partial charge on any atom is 0.127 e. The second kappa shape index (κ2) is 5.28. The summed E-state index contributed by atoms with van der Waals surface area (Å²) in [6.07, 6.45) is 11.8. The summed E-state index contributed by atoms with van der Waals surface area (Å²) in [5.74, 6) is 5.02. The van der Waals surface area contributed by atoms with Crippen molar-refractivity contribution in [3.63, 3.8) is 0 Å². The van der Waals surface area contributed by atoms with Gasteiger partial charge in [0, 0.05) is 11.3 Å². The van der Waals surface area contributed by atoms with Gasteiger partial charge in [-0.15, -0.1) is 6.42 Å². The summed E-state index contributed by atoms with van der Waals surface area (Å²) in [7, 11) is 0. The summed E-state index contributed by atoms with van der Waals surface area (Å²) in [6, 6.07) is 0. The normalized spacial score (nSPS) is 17.4. The predicted octanol–water partition coefficient (Wildman–Crippen LogP) is 3.44. The van der Waals surface area contributed by atoms with E-state index < -0.39 is 0 Å². The van der Waals surface area contributed by atoms with Gasteiger partial charge in [0.25, 0.3) is 0 Å². The molecule has 1 aromatic rings. The molecule has 0 unspecified atom stereocenters. The van der Waals surface area contributed by atoms with Crippen LogP contribution >= 0.6 is 0 Å². The summed E-state index contributed by atoms with van der Waals surface area (Å²) >= 11 is 0. The molecule has 0 radical (unpaired) electrons. The maximum absolute atomic E-state index is 6.32. The van der Waals surface area contributed by atoms with Crippen LogP contribution in [0.1, 0.15) is 70.3 Å². The average Bonchev–Trinajstić information content (AvgIpc) is 2.69. The van der Waals surface area contributed by atoms with E-state index >= 15 is 0 Å². The monoisotopic (exact) mass is 259 g/mol. The first-order valence-corrected chi connectivity index (χ1v) is 7.25. The number of anilines is 1. The third-order valence-corrected chi connectivity index (χ3v) is 3.95. The van der Waals surface area contributed by atoms with Gasteiger partial charge in [-0.3, -0.25) is 0 Å². The number of rotatable bonds is 2. The van der Waals surface area contributed by atoms with Crippen molar-refractivity contribution in [2.24, 2.45) is 0 Å². The highest BCUT2D eigenvalue weighted by Gasteiger charge is 2.28. The zero-order valence-corrected chi connectivity index (χ0v) is 12.4. The largest absolute Gasteiger partial charge is 0.384 e. The van der Waals surface area contributed by atoms with E-state index in [4.69, 9.17) is 17.1 Å². The third kappa shape index (κ3) is 2.78. The van der Waals surface area contributed by atoms with Crippen molar-refractivity contribution in [1.82, 2.24) is 9.55 Å². The highest BCUT2D eigenvalue weighted by molar-refractivity contribution is 5.42. The van der Waals surface area contributed by atoms with Crippen LogP contribution in [0.15, 0.2) is 0 Å².